The Morgan fingerprint density at radius 2 is 1.43 bits per heavy atom. The number of carboxylic acid groups (broad SMARTS) is 1. The van der Waals surface area contributed by atoms with Gasteiger partial charge in [0.25, 0.3) is 5.08 Å². The van der Waals surface area contributed by atoms with Crippen molar-refractivity contribution >= 4 is 56.0 Å². The number of aliphatic hydroxyl groups is 1. The Morgan fingerprint density at radius 1 is 0.973 bits per heavy atom. The summed E-state index contributed by atoms with van der Waals surface area (Å²) in [7, 11) is -11.3. The summed E-state index contributed by atoms with van der Waals surface area (Å²) in [6.07, 6.45) is -2.19. The number of anilines is 1. The van der Waals surface area contributed by atoms with E-state index in [0.717, 1.165) is 5.69 Å². The first-order valence-electron chi connectivity index (χ1n) is 9.98. The van der Waals surface area contributed by atoms with E-state index in [1.54, 1.807) is 24.3 Å². The second kappa shape index (κ2) is 19.8. The number of amides is 1. The minimum Gasteiger partial charge on any atom is -1.00 e. The second-order valence-corrected chi connectivity index (χ2v) is 12.2. The molecule has 0 aliphatic carbocycles. The third kappa shape index (κ3) is 14.0. The van der Waals surface area contributed by atoms with E-state index >= 15 is 0 Å². The number of hydrogen-bond donors (Lipinski definition) is 7. The fraction of sp³-hybridized carbons (Fsp3) is 0.556. The number of halogens is 2. The van der Waals surface area contributed by atoms with Crippen molar-refractivity contribution in [3.8, 4) is 0 Å². The van der Waals surface area contributed by atoms with E-state index in [4.69, 9.17) is 42.8 Å². The monoisotopic (exact) mass is 636 g/mol. The number of benzene rings is 1. The molecular weight excluding hydrogens is 606 g/mol. The van der Waals surface area contributed by atoms with Crippen LogP contribution in [0, 0.1) is 0 Å². The molecule has 200 valence electrons. The first-order chi connectivity index (χ1) is 15.7. The predicted octanol–water partition coefficient (Wildman–Crippen LogP) is -7.40. The molecule has 0 spiro atoms. The van der Waals surface area contributed by atoms with Gasteiger partial charge in [0, 0.05) is 49.8 Å². The fourth-order valence-electron chi connectivity index (χ4n) is 3.07. The topological polar surface area (TPSA) is 205 Å². The van der Waals surface area contributed by atoms with Gasteiger partial charge in [-0.2, -0.15) is 0 Å². The molecular formula is C18H31Cl2N2Na3O10P2. The summed E-state index contributed by atoms with van der Waals surface area (Å²) in [4.78, 5) is 62.1. The third-order valence-corrected chi connectivity index (χ3v) is 9.15. The van der Waals surface area contributed by atoms with Gasteiger partial charge in [-0.25, -0.2) is 4.79 Å². The second-order valence-electron chi connectivity index (χ2n) is 7.41. The standard InChI is InChI=1S/C18H28Cl2N2O10P2.3Na.3H/c19-8-10-22(11-9-20)14-5-3-13(4-6-14)12-15(17(24)25)21-16(23)2-1-7-18(26,33(27,28)29)34(30,31)32;;;;;;/h3-6,15,26H,1-2,7-12H2,(H,21,23)(H,24,25)(H2,27,28,29)(H2,30,31,32);;;;;;/q;3*+1;3*-1/t15-;;;;;;/m0....../s1. The number of nitrogens with zero attached hydrogens (tertiary/aromatic N) is 1. The molecule has 37 heavy (non-hydrogen) atoms. The van der Waals surface area contributed by atoms with Gasteiger partial charge in [-0.15, -0.1) is 23.2 Å². The zero-order valence-corrected chi connectivity index (χ0v) is 30.3. The van der Waals surface area contributed by atoms with Crippen LogP contribution in [0.4, 0.5) is 5.69 Å². The normalized spacial score (nSPS) is 12.3. The maximum absolute atomic E-state index is 12.1. The molecule has 1 aromatic carbocycles. The Bertz CT molecular complexity index is 924. The number of aliphatic carboxylic acids is 1. The van der Waals surface area contributed by atoms with Crippen molar-refractivity contribution in [1.82, 2.24) is 5.32 Å². The summed E-state index contributed by atoms with van der Waals surface area (Å²) in [6, 6.07) is 5.57. The molecule has 0 saturated heterocycles. The quantitative estimate of drug-likeness (QED) is 0.0547. The Morgan fingerprint density at radius 3 is 1.81 bits per heavy atom. The number of hydrogen-bond acceptors (Lipinski definition) is 6. The average molecular weight is 637 g/mol. The smallest absolute Gasteiger partial charge is 1.00 e. The van der Waals surface area contributed by atoms with Gasteiger partial charge < -0.3 is 44.3 Å². The Hall–Kier alpha value is 1.80. The predicted molar refractivity (Wildman–Crippen MR) is 130 cm³/mol. The Labute approximate surface area is 295 Å². The van der Waals surface area contributed by atoms with Crippen LogP contribution in [0.1, 0.15) is 29.1 Å². The van der Waals surface area contributed by atoms with Crippen molar-refractivity contribution in [2.45, 2.75) is 36.8 Å². The van der Waals surface area contributed by atoms with E-state index in [1.807, 2.05) is 4.90 Å². The summed E-state index contributed by atoms with van der Waals surface area (Å²) < 4.78 is 22.7. The molecule has 1 atom stereocenters. The van der Waals surface area contributed by atoms with Gasteiger partial charge in [0.1, 0.15) is 6.04 Å². The van der Waals surface area contributed by atoms with E-state index in [0.29, 0.717) is 30.4 Å². The number of carbonyl (C=O) groups excluding carboxylic acids is 1. The van der Waals surface area contributed by atoms with Crippen LogP contribution in [-0.2, 0) is 25.1 Å². The van der Waals surface area contributed by atoms with Gasteiger partial charge in [0.2, 0.25) is 5.91 Å². The van der Waals surface area contributed by atoms with Gasteiger partial charge in [-0.1, -0.05) is 12.1 Å². The maximum Gasteiger partial charge on any atom is 1.00 e. The molecule has 1 amide bonds. The molecule has 0 heterocycles. The van der Waals surface area contributed by atoms with Gasteiger partial charge in [0.15, 0.2) is 0 Å². The number of alkyl halides is 2. The van der Waals surface area contributed by atoms with E-state index in [-0.39, 0.29) is 99.4 Å². The van der Waals surface area contributed by atoms with E-state index in [1.165, 1.54) is 0 Å². The molecule has 0 fully saturated rings. The minimum absolute atomic E-state index is 0. The van der Waals surface area contributed by atoms with Crippen molar-refractivity contribution in [1.29, 1.82) is 0 Å². The van der Waals surface area contributed by atoms with Crippen LogP contribution in [0.15, 0.2) is 24.3 Å². The minimum atomic E-state index is -5.63. The molecule has 0 saturated carbocycles. The fourth-order valence-corrected chi connectivity index (χ4v) is 5.73. The van der Waals surface area contributed by atoms with Crippen molar-refractivity contribution in [2.24, 2.45) is 0 Å². The molecule has 7 N–H and O–H groups in total. The van der Waals surface area contributed by atoms with Crippen LogP contribution in [0.3, 0.4) is 0 Å². The molecule has 0 aromatic heterocycles. The molecule has 0 unspecified atom stereocenters. The molecule has 1 rings (SSSR count). The van der Waals surface area contributed by atoms with Crippen LogP contribution in [0.5, 0.6) is 0 Å². The summed E-state index contributed by atoms with van der Waals surface area (Å²) >= 11 is 11.6. The number of rotatable bonds is 15. The van der Waals surface area contributed by atoms with Crippen molar-refractivity contribution < 1.29 is 141 Å². The average Bonchev–Trinajstić information content (AvgIpc) is 2.72. The van der Waals surface area contributed by atoms with E-state index in [9.17, 15) is 28.9 Å². The Balaban J connectivity index is -0.000000482. The largest absolute Gasteiger partial charge is 1.00 e. The summed E-state index contributed by atoms with van der Waals surface area (Å²) in [5.41, 5.74) is 1.44. The Kier molecular flexibility index (Phi) is 23.2. The van der Waals surface area contributed by atoms with Crippen molar-refractivity contribution in [3.05, 3.63) is 29.8 Å². The summed E-state index contributed by atoms with van der Waals surface area (Å²) in [5, 5.41) is 17.9. The zero-order valence-electron chi connectivity index (χ0n) is 24.0. The van der Waals surface area contributed by atoms with E-state index < -0.39 is 57.5 Å². The third-order valence-electron chi connectivity index (χ3n) is 4.93. The van der Waals surface area contributed by atoms with Crippen molar-refractivity contribution in [2.75, 3.05) is 29.7 Å². The molecule has 19 heteroatoms. The van der Waals surface area contributed by atoms with Gasteiger partial charge in [-0.3, -0.25) is 13.9 Å². The maximum atomic E-state index is 12.1. The first-order valence-corrected chi connectivity index (χ1v) is 14.3. The summed E-state index contributed by atoms with van der Waals surface area (Å²) in [6.45, 7) is 1.14. The van der Waals surface area contributed by atoms with Gasteiger partial charge in [-0.05, 0) is 24.1 Å². The van der Waals surface area contributed by atoms with Gasteiger partial charge in [0.05, 0.1) is 0 Å². The molecule has 0 bridgehead atoms. The summed E-state index contributed by atoms with van der Waals surface area (Å²) in [5.74, 6) is -1.37. The number of nitrogens with one attached hydrogen (secondary N) is 1. The van der Waals surface area contributed by atoms with Crippen molar-refractivity contribution in [3.63, 3.8) is 0 Å². The number of carbonyl (C=O) groups is 2. The van der Waals surface area contributed by atoms with E-state index in [2.05, 4.69) is 5.32 Å². The van der Waals surface area contributed by atoms with Crippen LogP contribution in [-0.4, -0.2) is 77.6 Å². The van der Waals surface area contributed by atoms with Crippen LogP contribution < -0.4 is 98.9 Å². The molecule has 12 nitrogen and oxygen atoms in total. The SMILES string of the molecule is O=C(CCCC(O)(P(=O)(O)O)P(=O)(O)O)N[C@@H](Cc1ccc(N(CCCl)CCCl)cc1)C(=O)O.[H-].[H-].[H-].[Na+].[Na+].[Na+]. The molecule has 0 radical (unpaired) electrons. The molecule has 0 aliphatic heterocycles. The molecule has 0 aliphatic rings. The zero-order chi connectivity index (χ0) is 26.2. The van der Waals surface area contributed by atoms with Crippen LogP contribution >= 0.6 is 38.4 Å². The van der Waals surface area contributed by atoms with Gasteiger partial charge >= 0.3 is 110 Å². The first kappa shape index (κ1) is 43.3. The number of carboxylic acids is 1. The van der Waals surface area contributed by atoms with Crippen LogP contribution in [0.25, 0.3) is 0 Å². The molecule has 1 aromatic rings. The van der Waals surface area contributed by atoms with Crippen LogP contribution in [0.2, 0.25) is 0 Å².